The summed E-state index contributed by atoms with van der Waals surface area (Å²) in [6.07, 6.45) is 1.65. The normalized spacial score (nSPS) is 15.9. The van der Waals surface area contributed by atoms with Gasteiger partial charge in [-0.3, -0.25) is 13.9 Å². The van der Waals surface area contributed by atoms with Gasteiger partial charge < -0.3 is 24.3 Å². The zero-order chi connectivity index (χ0) is 30.8. The molecule has 4 N–H and O–H groups in total. The summed E-state index contributed by atoms with van der Waals surface area (Å²) >= 11 is -2.45. The van der Waals surface area contributed by atoms with E-state index < -0.39 is 30.7 Å². The Labute approximate surface area is 245 Å². The second-order valence-electron chi connectivity index (χ2n) is 10.4. The summed E-state index contributed by atoms with van der Waals surface area (Å²) in [5.41, 5.74) is 1.68. The highest BCUT2D eigenvalue weighted by atomic mass is 32.2. The molecule has 4 rings (SSSR count). The first-order valence-corrected chi connectivity index (χ1v) is 15.8. The number of benzene rings is 1. The fourth-order valence-electron chi connectivity index (χ4n) is 4.84. The number of aryl methyl sites for hydroxylation is 1. The van der Waals surface area contributed by atoms with E-state index >= 15 is 0 Å². The molecule has 0 radical (unpaired) electrons. The molecule has 3 aromatic rings. The third-order valence-electron chi connectivity index (χ3n) is 7.13. The van der Waals surface area contributed by atoms with Gasteiger partial charge in [0.1, 0.15) is 5.76 Å². The topological polar surface area (TPSA) is 189 Å². The van der Waals surface area contributed by atoms with Gasteiger partial charge in [-0.05, 0) is 57.1 Å². The minimum atomic E-state index is -5.04. The van der Waals surface area contributed by atoms with Crippen LogP contribution in [0, 0.1) is 6.92 Å². The van der Waals surface area contributed by atoms with E-state index in [0.29, 0.717) is 28.0 Å². The van der Waals surface area contributed by atoms with Crippen molar-refractivity contribution in [3.8, 4) is 11.3 Å². The van der Waals surface area contributed by atoms with Gasteiger partial charge >= 0.3 is 13.8 Å². The minimum Gasteiger partial charge on any atom is -0.467 e. The molecule has 228 valence electrons. The molecule has 42 heavy (non-hydrogen) atoms. The highest BCUT2D eigenvalue weighted by molar-refractivity contribution is 7.76. The van der Waals surface area contributed by atoms with E-state index in [1.807, 2.05) is 37.3 Å². The maximum Gasteiger partial charge on any atom is 0.470 e. The molecule has 2 heterocycles. The first-order valence-electron chi connectivity index (χ1n) is 13.2. The highest BCUT2D eigenvalue weighted by Gasteiger charge is 2.41. The number of phosphoric acid groups is 1. The number of carbonyl (C=O) groups is 2. The fourth-order valence-corrected chi connectivity index (χ4v) is 6.05. The number of methoxy groups -OCH3 is 1. The molecule has 0 spiro atoms. The number of nitrogens with one attached hydrogen (secondary N) is 1. The molecule has 1 aliphatic carbocycles. The summed E-state index contributed by atoms with van der Waals surface area (Å²) in [6.45, 7) is 3.04. The smallest absolute Gasteiger partial charge is 0.467 e. The molecule has 1 unspecified atom stereocenters. The van der Waals surface area contributed by atoms with Gasteiger partial charge in [-0.25, -0.2) is 18.6 Å². The van der Waals surface area contributed by atoms with Gasteiger partial charge in [0.2, 0.25) is 17.0 Å². The minimum absolute atomic E-state index is 0.0414. The summed E-state index contributed by atoms with van der Waals surface area (Å²) in [5.74, 6) is -0.782. The van der Waals surface area contributed by atoms with Crippen LogP contribution in [0.1, 0.15) is 65.7 Å². The van der Waals surface area contributed by atoms with Crippen molar-refractivity contribution in [3.05, 3.63) is 52.7 Å². The van der Waals surface area contributed by atoms with Crippen LogP contribution >= 0.6 is 7.82 Å². The van der Waals surface area contributed by atoms with Gasteiger partial charge in [-0.2, -0.15) is 4.31 Å². The quantitative estimate of drug-likeness (QED) is 0.123. The number of fused-ring (bicyclic) bond motifs is 1. The predicted octanol–water partition coefficient (Wildman–Crippen LogP) is 3.80. The van der Waals surface area contributed by atoms with Crippen LogP contribution in [0.25, 0.3) is 22.4 Å². The first-order chi connectivity index (χ1) is 19.8. The van der Waals surface area contributed by atoms with E-state index in [1.54, 1.807) is 0 Å². The maximum absolute atomic E-state index is 13.0. The lowest BCUT2D eigenvalue weighted by Gasteiger charge is -2.27. The summed E-state index contributed by atoms with van der Waals surface area (Å²) < 4.78 is 50.5. The number of ether oxygens (including phenoxy) is 1. The molecule has 1 aliphatic rings. The molecule has 0 saturated heterocycles. The van der Waals surface area contributed by atoms with Crippen LogP contribution in [0.5, 0.6) is 0 Å². The number of rotatable bonds is 13. The number of aromatic nitrogens is 1. The van der Waals surface area contributed by atoms with Gasteiger partial charge in [0.25, 0.3) is 5.91 Å². The molecular weight excluding hydrogens is 589 g/mol. The van der Waals surface area contributed by atoms with E-state index in [9.17, 15) is 32.7 Å². The molecule has 0 aliphatic heterocycles. The summed E-state index contributed by atoms with van der Waals surface area (Å²) in [5, 5.41) is 3.21. The molecule has 0 bridgehead atoms. The Balaban J connectivity index is 1.66. The van der Waals surface area contributed by atoms with Crippen molar-refractivity contribution in [2.45, 2.75) is 57.6 Å². The Morgan fingerprint density at radius 1 is 1.26 bits per heavy atom. The van der Waals surface area contributed by atoms with Crippen molar-refractivity contribution in [2.24, 2.45) is 0 Å². The second-order valence-corrected chi connectivity index (χ2v) is 12.5. The first kappa shape index (κ1) is 32.0. The van der Waals surface area contributed by atoms with Crippen LogP contribution in [0.3, 0.4) is 0 Å². The number of carbonyl (C=O) groups excluding carboxylic acids is 2. The van der Waals surface area contributed by atoms with Crippen LogP contribution < -0.4 is 5.32 Å². The van der Waals surface area contributed by atoms with Crippen molar-refractivity contribution in [1.82, 2.24) is 14.6 Å². The van der Waals surface area contributed by atoms with Crippen LogP contribution in [0.4, 0.5) is 0 Å². The lowest BCUT2D eigenvalue weighted by atomic mass is 10.0. The number of hydrogen-bond donors (Lipinski definition) is 4. The van der Waals surface area contributed by atoms with Crippen LogP contribution in [0.15, 0.2) is 34.7 Å². The van der Waals surface area contributed by atoms with Gasteiger partial charge in [0.05, 0.1) is 30.3 Å². The average molecular weight is 624 g/mol. The Hall–Kier alpha value is -2.97. The zero-order valence-corrected chi connectivity index (χ0v) is 25.4. The van der Waals surface area contributed by atoms with Crippen molar-refractivity contribution >= 4 is 42.1 Å². The Bertz CT molecular complexity index is 1550. The molecule has 2 aromatic heterocycles. The molecule has 13 nitrogen and oxygen atoms in total. The van der Waals surface area contributed by atoms with Crippen molar-refractivity contribution in [2.75, 3.05) is 20.7 Å². The third kappa shape index (κ3) is 7.32. The Morgan fingerprint density at radius 2 is 1.93 bits per heavy atom. The molecule has 15 heteroatoms. The number of hydrogen-bond acceptors (Lipinski definition) is 8. The van der Waals surface area contributed by atoms with Gasteiger partial charge in [-0.15, -0.1) is 0 Å². The average Bonchev–Trinajstić information content (AvgIpc) is 3.70. The monoisotopic (exact) mass is 623 g/mol. The largest absolute Gasteiger partial charge is 0.470 e. The van der Waals surface area contributed by atoms with Crippen LogP contribution in [-0.2, 0) is 36.4 Å². The highest BCUT2D eigenvalue weighted by Crippen LogP contribution is 2.45. The summed E-state index contributed by atoms with van der Waals surface area (Å²) in [6, 6.07) is 9.40. The zero-order valence-electron chi connectivity index (χ0n) is 23.7. The number of nitrogens with zero attached hydrogens (tertiary/aromatic N) is 2. The van der Waals surface area contributed by atoms with Crippen molar-refractivity contribution in [3.63, 3.8) is 0 Å². The maximum atomic E-state index is 13.0. The summed E-state index contributed by atoms with van der Waals surface area (Å²) in [7, 11) is -2.44. The van der Waals surface area contributed by atoms with E-state index in [4.69, 9.17) is 13.9 Å². The summed E-state index contributed by atoms with van der Waals surface area (Å²) in [4.78, 5) is 48.4. The number of furan rings is 1. The Kier molecular flexibility index (Phi) is 9.68. The Morgan fingerprint density at radius 3 is 2.48 bits per heavy atom. The molecule has 1 aromatic carbocycles. The number of phosphoric ester groups is 1. The lowest BCUT2D eigenvalue weighted by Crippen LogP contribution is -2.39. The molecular formula is C27H34N3O10PS. The number of pyridine rings is 1. The second kappa shape index (κ2) is 12.7. The van der Waals surface area contributed by atoms with E-state index in [2.05, 4.69) is 10.1 Å². The molecule has 2 atom stereocenters. The van der Waals surface area contributed by atoms with Crippen LogP contribution in [0.2, 0.25) is 0 Å². The van der Waals surface area contributed by atoms with E-state index in [-0.39, 0.29) is 43.5 Å². The standard InChI is InChI=1S/C27H34N3O10PS/c1-16-6-8-18(9-7-16)23-22(24(31)28-3)20-14-19(17-10-11-17)21(29-25(20)39-23)15-30(42(36)37)13-5-12-27(2,26(32)38-4)40-41(33,34)35/h6-9,14,17H,5,10-13,15H2,1-4H3,(H,28,31)(H,36,37)(H2,33,34,35)/t27-/m1/s1. The van der Waals surface area contributed by atoms with Gasteiger partial charge in [0.15, 0.2) is 5.60 Å². The SMILES string of the molecule is CNC(=O)c1c(-c2ccc(C)cc2)oc2nc(CN(CCC[C@@](C)(OP(=O)(O)O)C(=O)OC)S(=O)O)c(C3CC3)cc12. The van der Waals surface area contributed by atoms with Crippen molar-refractivity contribution < 1.29 is 46.4 Å². The number of amides is 1. The van der Waals surface area contributed by atoms with Gasteiger partial charge in [-0.1, -0.05) is 29.8 Å². The van der Waals surface area contributed by atoms with Crippen LogP contribution in [-0.4, -0.2) is 66.0 Å². The third-order valence-corrected chi connectivity index (χ3v) is 8.52. The van der Waals surface area contributed by atoms with Crippen molar-refractivity contribution in [1.29, 1.82) is 0 Å². The van der Waals surface area contributed by atoms with E-state index in [1.165, 1.54) is 18.3 Å². The van der Waals surface area contributed by atoms with Gasteiger partial charge in [0, 0.05) is 19.2 Å². The molecule has 1 amide bonds. The number of esters is 1. The predicted molar refractivity (Wildman–Crippen MR) is 154 cm³/mol. The lowest BCUT2D eigenvalue weighted by molar-refractivity contribution is -0.159. The molecule has 1 saturated carbocycles. The fraction of sp³-hybridized carbons (Fsp3) is 0.444. The molecule has 1 fully saturated rings. The van der Waals surface area contributed by atoms with E-state index in [0.717, 1.165) is 31.1 Å².